The molecule has 0 amide bonds. The molecule has 0 fully saturated rings. The van der Waals surface area contributed by atoms with Gasteiger partial charge >= 0.3 is 0 Å². The van der Waals surface area contributed by atoms with E-state index in [9.17, 15) is 4.79 Å². The highest BCUT2D eigenvalue weighted by atomic mass is 16.1. The Morgan fingerprint density at radius 1 is 1.64 bits per heavy atom. The normalized spacial score (nSPS) is 10.4. The molecule has 0 saturated heterocycles. The molecule has 0 aliphatic carbocycles. The molecule has 0 atom stereocenters. The number of aromatic nitrogens is 3. The molecule has 62 valence electrons. The quantitative estimate of drug-likeness (QED) is 0.586. The van der Waals surface area contributed by atoms with Crippen LogP contribution >= 0.6 is 0 Å². The van der Waals surface area contributed by atoms with E-state index in [1.54, 1.807) is 6.92 Å². The van der Waals surface area contributed by atoms with Gasteiger partial charge in [-0.1, -0.05) is 6.92 Å². The summed E-state index contributed by atoms with van der Waals surface area (Å²) in [5.41, 5.74) is 0.343. The zero-order valence-corrected chi connectivity index (χ0v) is 6.74. The van der Waals surface area contributed by atoms with Gasteiger partial charge in [0.2, 0.25) is 0 Å². The SMILES string of the molecule is CCCn1c(=O)c(C)nn1N. The second-order valence-corrected chi connectivity index (χ2v) is 2.43. The van der Waals surface area contributed by atoms with Gasteiger partial charge in [0.15, 0.2) is 0 Å². The van der Waals surface area contributed by atoms with Crippen LogP contribution in [0, 0.1) is 6.92 Å². The first-order valence-corrected chi connectivity index (χ1v) is 3.58. The Labute approximate surface area is 64.4 Å². The van der Waals surface area contributed by atoms with Crippen molar-refractivity contribution in [3.63, 3.8) is 0 Å². The standard InChI is InChI=1S/C6H12N4O/c1-3-4-9-6(11)5(2)8-10(9)7/h3-4,7H2,1-2H3. The largest absolute Gasteiger partial charge is 0.307 e. The summed E-state index contributed by atoms with van der Waals surface area (Å²) in [6.45, 7) is 4.25. The van der Waals surface area contributed by atoms with Gasteiger partial charge < -0.3 is 5.84 Å². The lowest BCUT2D eigenvalue weighted by Crippen LogP contribution is -2.28. The molecule has 0 aromatic carbocycles. The van der Waals surface area contributed by atoms with Gasteiger partial charge in [-0.05, 0) is 13.3 Å². The Morgan fingerprint density at radius 3 is 2.64 bits per heavy atom. The Hall–Kier alpha value is -1.26. The second-order valence-electron chi connectivity index (χ2n) is 2.43. The first-order chi connectivity index (χ1) is 5.16. The van der Waals surface area contributed by atoms with E-state index in [4.69, 9.17) is 5.84 Å². The molecule has 2 N–H and O–H groups in total. The molecule has 5 nitrogen and oxygen atoms in total. The summed E-state index contributed by atoms with van der Waals surface area (Å²) in [6.07, 6.45) is 0.877. The Morgan fingerprint density at radius 2 is 2.27 bits per heavy atom. The van der Waals surface area contributed by atoms with Gasteiger partial charge in [0, 0.05) is 6.54 Å². The average molecular weight is 156 g/mol. The number of nitrogen functional groups attached to an aromatic ring is 1. The van der Waals surface area contributed by atoms with Crippen LogP contribution in [-0.2, 0) is 6.54 Å². The summed E-state index contributed by atoms with van der Waals surface area (Å²) in [6, 6.07) is 0. The van der Waals surface area contributed by atoms with Crippen LogP contribution in [0.15, 0.2) is 4.79 Å². The van der Waals surface area contributed by atoms with Crippen molar-refractivity contribution in [3.05, 3.63) is 16.0 Å². The van der Waals surface area contributed by atoms with Crippen molar-refractivity contribution in [3.8, 4) is 0 Å². The maximum absolute atomic E-state index is 11.2. The fourth-order valence-electron chi connectivity index (χ4n) is 0.946. The van der Waals surface area contributed by atoms with Crippen molar-refractivity contribution in [1.82, 2.24) is 14.7 Å². The highest BCUT2D eigenvalue weighted by molar-refractivity contribution is 4.89. The van der Waals surface area contributed by atoms with Crippen molar-refractivity contribution in [2.45, 2.75) is 26.8 Å². The first kappa shape index (κ1) is 7.84. The van der Waals surface area contributed by atoms with E-state index in [0.29, 0.717) is 12.2 Å². The molecule has 0 aliphatic rings. The van der Waals surface area contributed by atoms with Gasteiger partial charge in [-0.2, -0.15) is 0 Å². The van der Waals surface area contributed by atoms with Crippen molar-refractivity contribution >= 4 is 0 Å². The van der Waals surface area contributed by atoms with Crippen molar-refractivity contribution < 1.29 is 0 Å². The van der Waals surface area contributed by atoms with E-state index in [-0.39, 0.29) is 5.56 Å². The zero-order valence-electron chi connectivity index (χ0n) is 6.74. The molecular formula is C6H12N4O. The number of nitrogens with two attached hydrogens (primary N) is 1. The van der Waals surface area contributed by atoms with Crippen LogP contribution < -0.4 is 11.4 Å². The van der Waals surface area contributed by atoms with E-state index in [1.807, 2.05) is 6.92 Å². The summed E-state index contributed by atoms with van der Waals surface area (Å²) >= 11 is 0. The minimum atomic E-state index is -0.102. The molecule has 0 radical (unpaired) electrons. The monoisotopic (exact) mass is 156 g/mol. The maximum atomic E-state index is 11.2. The number of aryl methyl sites for hydroxylation is 1. The van der Waals surface area contributed by atoms with Crippen LogP contribution in [0.1, 0.15) is 19.0 Å². The van der Waals surface area contributed by atoms with Gasteiger partial charge in [-0.15, -0.1) is 10.0 Å². The van der Waals surface area contributed by atoms with Gasteiger partial charge in [0.1, 0.15) is 5.69 Å². The smallest absolute Gasteiger partial charge is 0.291 e. The lowest BCUT2D eigenvalue weighted by atomic mass is 10.5. The predicted octanol–water partition coefficient (Wildman–Crippen LogP) is -0.523. The molecule has 0 saturated carbocycles. The van der Waals surface area contributed by atoms with E-state index in [0.717, 1.165) is 11.3 Å². The van der Waals surface area contributed by atoms with Crippen LogP contribution in [-0.4, -0.2) is 14.7 Å². The van der Waals surface area contributed by atoms with E-state index in [1.165, 1.54) is 4.68 Å². The highest BCUT2D eigenvalue weighted by Gasteiger charge is 2.04. The Bertz CT molecular complexity index is 298. The van der Waals surface area contributed by atoms with E-state index in [2.05, 4.69) is 5.10 Å². The first-order valence-electron chi connectivity index (χ1n) is 3.58. The number of hydrogen-bond donors (Lipinski definition) is 1. The van der Waals surface area contributed by atoms with Gasteiger partial charge in [-0.25, -0.2) is 4.68 Å². The summed E-state index contributed by atoms with van der Waals surface area (Å²) in [4.78, 5) is 12.3. The molecule has 0 bridgehead atoms. The third-order valence-electron chi connectivity index (χ3n) is 1.48. The highest BCUT2D eigenvalue weighted by Crippen LogP contribution is 1.85. The molecule has 0 spiro atoms. The molecule has 1 heterocycles. The fraction of sp³-hybridized carbons (Fsp3) is 0.667. The van der Waals surface area contributed by atoms with Gasteiger partial charge in [0.25, 0.3) is 5.56 Å². The lowest BCUT2D eigenvalue weighted by Gasteiger charge is -2.00. The third-order valence-corrected chi connectivity index (χ3v) is 1.48. The molecule has 0 unspecified atom stereocenters. The summed E-state index contributed by atoms with van der Waals surface area (Å²) in [5.74, 6) is 5.40. The molecule has 1 aromatic rings. The molecule has 11 heavy (non-hydrogen) atoms. The summed E-state index contributed by atoms with van der Waals surface area (Å²) < 4.78 is 1.41. The minimum Gasteiger partial charge on any atom is -0.307 e. The molecule has 1 aromatic heterocycles. The maximum Gasteiger partial charge on any atom is 0.291 e. The molecule has 5 heteroatoms. The minimum absolute atomic E-state index is 0.102. The van der Waals surface area contributed by atoms with E-state index >= 15 is 0 Å². The number of rotatable bonds is 2. The topological polar surface area (TPSA) is 65.8 Å². The Kier molecular flexibility index (Phi) is 1.98. The third kappa shape index (κ3) is 1.26. The van der Waals surface area contributed by atoms with Crippen LogP contribution in [0.2, 0.25) is 0 Å². The summed E-state index contributed by atoms with van der Waals surface area (Å²) in [5, 5.41) is 3.77. The van der Waals surface area contributed by atoms with Crippen LogP contribution in [0.25, 0.3) is 0 Å². The van der Waals surface area contributed by atoms with Crippen LogP contribution in [0.3, 0.4) is 0 Å². The number of hydrogen-bond acceptors (Lipinski definition) is 3. The second kappa shape index (κ2) is 2.77. The van der Waals surface area contributed by atoms with Crippen molar-refractivity contribution in [1.29, 1.82) is 0 Å². The Balaban J connectivity index is 3.12. The lowest BCUT2D eigenvalue weighted by molar-refractivity contribution is 0.473. The van der Waals surface area contributed by atoms with E-state index < -0.39 is 0 Å². The fourth-order valence-corrected chi connectivity index (χ4v) is 0.946. The molecule has 0 aliphatic heterocycles. The molecular weight excluding hydrogens is 144 g/mol. The average Bonchev–Trinajstić information content (AvgIpc) is 2.17. The van der Waals surface area contributed by atoms with Gasteiger partial charge in [-0.3, -0.25) is 4.79 Å². The predicted molar refractivity (Wildman–Crippen MR) is 41.7 cm³/mol. The van der Waals surface area contributed by atoms with Crippen molar-refractivity contribution in [2.75, 3.05) is 5.84 Å². The van der Waals surface area contributed by atoms with Gasteiger partial charge in [0.05, 0.1) is 0 Å². The zero-order chi connectivity index (χ0) is 8.43. The van der Waals surface area contributed by atoms with Crippen LogP contribution in [0.4, 0.5) is 0 Å². The summed E-state index contributed by atoms with van der Waals surface area (Å²) in [7, 11) is 0. The van der Waals surface area contributed by atoms with Crippen molar-refractivity contribution in [2.24, 2.45) is 0 Å². The molecule has 1 rings (SSSR count). The number of nitrogens with zero attached hydrogens (tertiary/aromatic N) is 3. The van der Waals surface area contributed by atoms with Crippen LogP contribution in [0.5, 0.6) is 0 Å².